The van der Waals surface area contributed by atoms with Crippen molar-refractivity contribution >= 4 is 0 Å². The summed E-state index contributed by atoms with van der Waals surface area (Å²) in [6.07, 6.45) is 2.94. The van der Waals surface area contributed by atoms with Crippen LogP contribution in [0.2, 0.25) is 0 Å². The first-order valence-corrected chi connectivity index (χ1v) is 4.96. The number of likely N-dealkylation sites (N-methyl/N-ethyl adjacent to an activating group) is 1. The first-order valence-electron chi connectivity index (χ1n) is 4.96. The summed E-state index contributed by atoms with van der Waals surface area (Å²) in [5.74, 6) is 0. The lowest BCUT2D eigenvalue weighted by molar-refractivity contribution is 0.110. The van der Waals surface area contributed by atoms with Gasteiger partial charge in [-0.05, 0) is 19.4 Å². The van der Waals surface area contributed by atoms with Gasteiger partial charge in [0.2, 0.25) is 0 Å². The molecule has 0 aromatic rings. The maximum absolute atomic E-state index is 5.48. The van der Waals surface area contributed by atoms with Gasteiger partial charge >= 0.3 is 0 Å². The van der Waals surface area contributed by atoms with E-state index in [1.54, 1.807) is 0 Å². The molecule has 2 N–H and O–H groups in total. The predicted molar refractivity (Wildman–Crippen MR) is 50.4 cm³/mol. The molecule has 0 aromatic heterocycles. The molecule has 1 aliphatic rings. The Morgan fingerprint density at radius 3 is 2.83 bits per heavy atom. The molecule has 0 spiro atoms. The molecule has 0 radical (unpaired) electrons. The molecule has 0 bridgehead atoms. The lowest BCUT2D eigenvalue weighted by atomic mass is 10.2. The van der Waals surface area contributed by atoms with Crippen LogP contribution in [-0.4, -0.2) is 38.9 Å². The van der Waals surface area contributed by atoms with Crippen molar-refractivity contribution in [3.63, 3.8) is 0 Å². The summed E-state index contributed by atoms with van der Waals surface area (Å²) >= 11 is 0. The van der Waals surface area contributed by atoms with E-state index < -0.39 is 0 Å². The maximum Gasteiger partial charge on any atom is 0.0700 e. The third kappa shape index (κ3) is 4.04. The van der Waals surface area contributed by atoms with Gasteiger partial charge in [0.1, 0.15) is 0 Å². The van der Waals surface area contributed by atoms with Crippen molar-refractivity contribution in [2.24, 2.45) is 0 Å². The number of hydrogen-bond donors (Lipinski definition) is 2. The van der Waals surface area contributed by atoms with Crippen molar-refractivity contribution in [1.82, 2.24) is 10.6 Å². The van der Waals surface area contributed by atoms with E-state index in [0.717, 1.165) is 32.8 Å². The second-order valence-corrected chi connectivity index (χ2v) is 3.19. The van der Waals surface area contributed by atoms with Crippen LogP contribution in [0.15, 0.2) is 0 Å². The summed E-state index contributed by atoms with van der Waals surface area (Å²) in [4.78, 5) is 0. The van der Waals surface area contributed by atoms with Crippen LogP contribution in [0.1, 0.15) is 19.8 Å². The molecule has 1 atom stereocenters. The maximum atomic E-state index is 5.48. The molecule has 0 amide bonds. The van der Waals surface area contributed by atoms with Gasteiger partial charge in [0, 0.05) is 26.2 Å². The van der Waals surface area contributed by atoms with Crippen molar-refractivity contribution in [2.45, 2.75) is 25.9 Å². The van der Waals surface area contributed by atoms with Gasteiger partial charge in [-0.15, -0.1) is 0 Å². The van der Waals surface area contributed by atoms with Gasteiger partial charge in [-0.3, -0.25) is 0 Å². The predicted octanol–water partition coefficient (Wildman–Crippen LogP) is 0.365. The quantitative estimate of drug-likeness (QED) is 0.568. The van der Waals surface area contributed by atoms with E-state index in [9.17, 15) is 0 Å². The first-order chi connectivity index (χ1) is 5.93. The Hall–Kier alpha value is -0.120. The van der Waals surface area contributed by atoms with Crippen LogP contribution in [0.25, 0.3) is 0 Å². The van der Waals surface area contributed by atoms with Gasteiger partial charge in [0.15, 0.2) is 0 Å². The summed E-state index contributed by atoms with van der Waals surface area (Å²) in [6, 6.07) is 0. The standard InChI is InChI=1S/C9H20N2O/c1-2-10-5-6-11-8-9-4-3-7-12-9/h9-11H,2-8H2,1H3/t9-/m1/s1. The van der Waals surface area contributed by atoms with Gasteiger partial charge < -0.3 is 15.4 Å². The lowest BCUT2D eigenvalue weighted by Crippen LogP contribution is -2.32. The first kappa shape index (κ1) is 9.96. The van der Waals surface area contributed by atoms with Crippen LogP contribution in [0.4, 0.5) is 0 Å². The number of ether oxygens (including phenoxy) is 1. The smallest absolute Gasteiger partial charge is 0.0700 e. The Morgan fingerprint density at radius 2 is 2.17 bits per heavy atom. The molecule has 1 aliphatic heterocycles. The largest absolute Gasteiger partial charge is 0.377 e. The van der Waals surface area contributed by atoms with Crippen LogP contribution in [0.3, 0.4) is 0 Å². The van der Waals surface area contributed by atoms with Crippen molar-refractivity contribution in [2.75, 3.05) is 32.8 Å². The fourth-order valence-corrected chi connectivity index (χ4v) is 1.42. The highest BCUT2D eigenvalue weighted by molar-refractivity contribution is 4.67. The third-order valence-corrected chi connectivity index (χ3v) is 2.12. The number of nitrogens with one attached hydrogen (secondary N) is 2. The Balaban J connectivity index is 1.81. The van der Waals surface area contributed by atoms with Gasteiger partial charge in [0.05, 0.1) is 6.10 Å². The van der Waals surface area contributed by atoms with Crippen LogP contribution in [-0.2, 0) is 4.74 Å². The van der Waals surface area contributed by atoms with Gasteiger partial charge in [-0.2, -0.15) is 0 Å². The molecule has 1 rings (SSSR count). The molecule has 12 heavy (non-hydrogen) atoms. The average molecular weight is 172 g/mol. The van der Waals surface area contributed by atoms with E-state index >= 15 is 0 Å². The highest BCUT2D eigenvalue weighted by atomic mass is 16.5. The molecule has 0 aromatic carbocycles. The zero-order valence-electron chi connectivity index (χ0n) is 7.94. The van der Waals surface area contributed by atoms with Crippen LogP contribution < -0.4 is 10.6 Å². The second kappa shape index (κ2) is 6.40. The normalized spacial score (nSPS) is 23.2. The molecule has 1 saturated heterocycles. The summed E-state index contributed by atoms with van der Waals surface area (Å²) in [5.41, 5.74) is 0. The van der Waals surface area contributed by atoms with Crippen LogP contribution in [0, 0.1) is 0 Å². The number of hydrogen-bond acceptors (Lipinski definition) is 3. The van der Waals surface area contributed by atoms with Gasteiger partial charge in [-0.1, -0.05) is 6.92 Å². The Kier molecular flexibility index (Phi) is 5.32. The monoisotopic (exact) mass is 172 g/mol. The molecule has 3 heteroatoms. The third-order valence-electron chi connectivity index (χ3n) is 2.12. The minimum atomic E-state index is 0.478. The SMILES string of the molecule is CCNCCNC[C@H]1CCCO1. The van der Waals surface area contributed by atoms with Crippen LogP contribution in [0.5, 0.6) is 0 Å². The van der Waals surface area contributed by atoms with Crippen molar-refractivity contribution < 1.29 is 4.74 Å². The fraction of sp³-hybridized carbons (Fsp3) is 1.00. The molecule has 3 nitrogen and oxygen atoms in total. The highest BCUT2D eigenvalue weighted by Gasteiger charge is 2.13. The Morgan fingerprint density at radius 1 is 1.33 bits per heavy atom. The molecule has 0 unspecified atom stereocenters. The molecular weight excluding hydrogens is 152 g/mol. The molecule has 0 saturated carbocycles. The van der Waals surface area contributed by atoms with E-state index in [2.05, 4.69) is 17.6 Å². The summed E-state index contributed by atoms with van der Waals surface area (Å²) in [6.45, 7) is 7.27. The van der Waals surface area contributed by atoms with Gasteiger partial charge in [0.25, 0.3) is 0 Å². The Bertz CT molecular complexity index is 103. The highest BCUT2D eigenvalue weighted by Crippen LogP contribution is 2.10. The van der Waals surface area contributed by atoms with E-state index in [-0.39, 0.29) is 0 Å². The van der Waals surface area contributed by atoms with Crippen molar-refractivity contribution in [3.05, 3.63) is 0 Å². The van der Waals surface area contributed by atoms with Crippen LogP contribution >= 0.6 is 0 Å². The van der Waals surface area contributed by atoms with E-state index in [4.69, 9.17) is 4.74 Å². The molecular formula is C9H20N2O. The lowest BCUT2D eigenvalue weighted by Gasteiger charge is -2.10. The molecule has 1 fully saturated rings. The topological polar surface area (TPSA) is 33.3 Å². The van der Waals surface area contributed by atoms with Crippen molar-refractivity contribution in [1.29, 1.82) is 0 Å². The molecule has 0 aliphatic carbocycles. The second-order valence-electron chi connectivity index (χ2n) is 3.19. The minimum absolute atomic E-state index is 0.478. The van der Waals surface area contributed by atoms with Crippen molar-refractivity contribution in [3.8, 4) is 0 Å². The summed E-state index contributed by atoms with van der Waals surface area (Å²) in [5, 5.41) is 6.64. The minimum Gasteiger partial charge on any atom is -0.377 e. The van der Waals surface area contributed by atoms with E-state index in [1.807, 2.05) is 0 Å². The molecule has 72 valence electrons. The van der Waals surface area contributed by atoms with E-state index in [0.29, 0.717) is 6.10 Å². The molecule has 1 heterocycles. The van der Waals surface area contributed by atoms with Gasteiger partial charge in [-0.25, -0.2) is 0 Å². The summed E-state index contributed by atoms with van der Waals surface area (Å²) < 4.78 is 5.48. The van der Waals surface area contributed by atoms with E-state index in [1.165, 1.54) is 12.8 Å². The zero-order valence-corrected chi connectivity index (χ0v) is 7.94. The average Bonchev–Trinajstić information content (AvgIpc) is 2.57. The zero-order chi connectivity index (χ0) is 8.65. The Labute approximate surface area is 74.9 Å². The number of rotatable bonds is 6. The fourth-order valence-electron chi connectivity index (χ4n) is 1.42. The summed E-state index contributed by atoms with van der Waals surface area (Å²) in [7, 11) is 0.